The lowest BCUT2D eigenvalue weighted by Crippen LogP contribution is -2.24. The molecule has 0 saturated heterocycles. The highest BCUT2D eigenvalue weighted by Gasteiger charge is 2.17. The molecule has 1 aliphatic heterocycles. The van der Waals surface area contributed by atoms with Crippen molar-refractivity contribution in [2.75, 3.05) is 25.1 Å². The Hall–Kier alpha value is -1.18. The second-order valence-corrected chi connectivity index (χ2v) is 6.69. The maximum absolute atomic E-state index is 6.02. The fourth-order valence-corrected chi connectivity index (χ4v) is 3.17. The second kappa shape index (κ2) is 9.34. The summed E-state index contributed by atoms with van der Waals surface area (Å²) in [5.41, 5.74) is 6.91. The Bertz CT molecular complexity index is 557. The summed E-state index contributed by atoms with van der Waals surface area (Å²) in [4.78, 5) is 4.51. The molecule has 0 aromatic heterocycles. The molecule has 1 saturated carbocycles. The lowest BCUT2D eigenvalue weighted by molar-refractivity contribution is 0.296. The van der Waals surface area contributed by atoms with Crippen LogP contribution in [-0.2, 0) is 0 Å². The first-order valence-corrected chi connectivity index (χ1v) is 8.67. The molecule has 0 radical (unpaired) electrons. The average molecular weight is 445 g/mol. The summed E-state index contributed by atoms with van der Waals surface area (Å²) in [5.74, 6) is 3.57. The predicted molar refractivity (Wildman–Crippen MR) is 109 cm³/mol. The van der Waals surface area contributed by atoms with E-state index in [0.29, 0.717) is 25.1 Å². The SMILES string of the molecule is CC1CCC(CN=C(N)Nc2ccc3c(c2)OCCCO3)CC1.I. The van der Waals surface area contributed by atoms with Crippen molar-refractivity contribution in [2.24, 2.45) is 22.6 Å². The van der Waals surface area contributed by atoms with Gasteiger partial charge in [-0.2, -0.15) is 0 Å². The van der Waals surface area contributed by atoms with Gasteiger partial charge in [0.25, 0.3) is 0 Å². The van der Waals surface area contributed by atoms with Gasteiger partial charge < -0.3 is 20.5 Å². The van der Waals surface area contributed by atoms with Crippen LogP contribution in [0.2, 0.25) is 0 Å². The van der Waals surface area contributed by atoms with Gasteiger partial charge in [-0.3, -0.25) is 4.99 Å². The molecule has 1 aliphatic carbocycles. The number of guanidine groups is 1. The maximum Gasteiger partial charge on any atom is 0.193 e. The molecule has 3 N–H and O–H groups in total. The molecule has 0 amide bonds. The molecule has 0 atom stereocenters. The number of hydrogen-bond acceptors (Lipinski definition) is 3. The number of rotatable bonds is 3. The molecule has 0 unspecified atom stereocenters. The van der Waals surface area contributed by atoms with Gasteiger partial charge in [-0.05, 0) is 36.8 Å². The number of aliphatic imine (C=N–C) groups is 1. The van der Waals surface area contributed by atoms with E-state index in [1.807, 2.05) is 18.2 Å². The monoisotopic (exact) mass is 445 g/mol. The summed E-state index contributed by atoms with van der Waals surface area (Å²) in [6.45, 7) is 4.53. The molecule has 0 spiro atoms. The topological polar surface area (TPSA) is 68.9 Å². The van der Waals surface area contributed by atoms with Crippen LogP contribution in [0.5, 0.6) is 11.5 Å². The van der Waals surface area contributed by atoms with Crippen molar-refractivity contribution in [1.29, 1.82) is 0 Å². The van der Waals surface area contributed by atoms with E-state index in [0.717, 1.165) is 36.1 Å². The summed E-state index contributed by atoms with van der Waals surface area (Å²) < 4.78 is 11.3. The highest BCUT2D eigenvalue weighted by Crippen LogP contribution is 2.32. The fourth-order valence-electron chi connectivity index (χ4n) is 3.17. The van der Waals surface area contributed by atoms with Crippen LogP contribution in [0, 0.1) is 11.8 Å². The molecule has 2 aliphatic rings. The molecule has 5 nitrogen and oxygen atoms in total. The smallest absolute Gasteiger partial charge is 0.193 e. The predicted octanol–water partition coefficient (Wildman–Crippen LogP) is 4.02. The molecule has 1 heterocycles. The summed E-state index contributed by atoms with van der Waals surface area (Å²) in [6, 6.07) is 5.78. The quantitative estimate of drug-likeness (QED) is 0.419. The van der Waals surface area contributed by atoms with E-state index < -0.39 is 0 Å². The Labute approximate surface area is 161 Å². The molecule has 1 aromatic rings. The normalized spacial score (nSPS) is 23.8. The van der Waals surface area contributed by atoms with E-state index in [2.05, 4.69) is 17.2 Å². The van der Waals surface area contributed by atoms with Crippen LogP contribution < -0.4 is 20.5 Å². The zero-order valence-electron chi connectivity index (χ0n) is 14.3. The van der Waals surface area contributed by atoms with E-state index in [9.17, 15) is 0 Å². The largest absolute Gasteiger partial charge is 0.490 e. The average Bonchev–Trinajstić information content (AvgIpc) is 2.79. The van der Waals surface area contributed by atoms with Crippen molar-refractivity contribution >= 4 is 35.6 Å². The first-order chi connectivity index (χ1) is 11.2. The minimum absolute atomic E-state index is 0. The summed E-state index contributed by atoms with van der Waals surface area (Å²) >= 11 is 0. The number of hydrogen-bond donors (Lipinski definition) is 2. The van der Waals surface area contributed by atoms with Gasteiger partial charge in [0.2, 0.25) is 0 Å². The molecule has 6 heteroatoms. The second-order valence-electron chi connectivity index (χ2n) is 6.69. The van der Waals surface area contributed by atoms with Gasteiger partial charge in [0, 0.05) is 24.7 Å². The van der Waals surface area contributed by atoms with Crippen LogP contribution >= 0.6 is 24.0 Å². The van der Waals surface area contributed by atoms with Crippen molar-refractivity contribution < 1.29 is 9.47 Å². The van der Waals surface area contributed by atoms with Gasteiger partial charge in [-0.15, -0.1) is 24.0 Å². The van der Waals surface area contributed by atoms with E-state index in [1.165, 1.54) is 25.7 Å². The summed E-state index contributed by atoms with van der Waals surface area (Å²) in [6.07, 6.45) is 6.07. The van der Waals surface area contributed by atoms with Crippen LogP contribution in [0.15, 0.2) is 23.2 Å². The molecular formula is C18H28IN3O2. The summed E-state index contributed by atoms with van der Waals surface area (Å²) in [7, 11) is 0. The summed E-state index contributed by atoms with van der Waals surface area (Å²) in [5, 5.41) is 3.15. The Morgan fingerprint density at radius 1 is 1.17 bits per heavy atom. The van der Waals surface area contributed by atoms with Gasteiger partial charge >= 0.3 is 0 Å². The van der Waals surface area contributed by atoms with E-state index in [1.54, 1.807) is 0 Å². The Morgan fingerprint density at radius 2 is 1.88 bits per heavy atom. The lowest BCUT2D eigenvalue weighted by Gasteiger charge is -2.24. The zero-order valence-corrected chi connectivity index (χ0v) is 16.6. The number of nitrogens with two attached hydrogens (primary N) is 1. The van der Waals surface area contributed by atoms with E-state index in [-0.39, 0.29) is 24.0 Å². The van der Waals surface area contributed by atoms with Crippen LogP contribution in [0.25, 0.3) is 0 Å². The molecule has 3 rings (SSSR count). The molecule has 0 bridgehead atoms. The van der Waals surface area contributed by atoms with Gasteiger partial charge in [0.15, 0.2) is 17.5 Å². The standard InChI is InChI=1S/C18H27N3O2.HI/c1-13-3-5-14(6-4-13)12-20-18(19)21-15-7-8-16-17(11-15)23-10-2-9-22-16;/h7-8,11,13-14H,2-6,9-10,12H2,1H3,(H3,19,20,21);1H. The van der Waals surface area contributed by atoms with E-state index >= 15 is 0 Å². The number of anilines is 1. The van der Waals surface area contributed by atoms with Crippen LogP contribution in [0.4, 0.5) is 5.69 Å². The van der Waals surface area contributed by atoms with Crippen molar-refractivity contribution in [3.63, 3.8) is 0 Å². The highest BCUT2D eigenvalue weighted by atomic mass is 127. The van der Waals surface area contributed by atoms with E-state index in [4.69, 9.17) is 15.2 Å². The Balaban J connectivity index is 0.00000208. The fraction of sp³-hybridized carbons (Fsp3) is 0.611. The van der Waals surface area contributed by atoms with Gasteiger partial charge in [0.1, 0.15) is 0 Å². The minimum atomic E-state index is 0. The van der Waals surface area contributed by atoms with Crippen LogP contribution in [0.1, 0.15) is 39.0 Å². The number of halogens is 1. The van der Waals surface area contributed by atoms with Gasteiger partial charge in [-0.1, -0.05) is 19.8 Å². The number of benzene rings is 1. The van der Waals surface area contributed by atoms with Crippen LogP contribution in [-0.4, -0.2) is 25.7 Å². The molecule has 24 heavy (non-hydrogen) atoms. The molecule has 1 aromatic carbocycles. The Kier molecular flexibility index (Phi) is 7.45. The third-order valence-corrected chi connectivity index (χ3v) is 4.68. The van der Waals surface area contributed by atoms with Crippen molar-refractivity contribution in [1.82, 2.24) is 0 Å². The third-order valence-electron chi connectivity index (χ3n) is 4.68. The number of nitrogens with one attached hydrogen (secondary N) is 1. The van der Waals surface area contributed by atoms with Crippen molar-refractivity contribution in [2.45, 2.75) is 39.0 Å². The maximum atomic E-state index is 6.02. The minimum Gasteiger partial charge on any atom is -0.490 e. The Morgan fingerprint density at radius 3 is 2.62 bits per heavy atom. The number of ether oxygens (including phenoxy) is 2. The lowest BCUT2D eigenvalue weighted by atomic mass is 9.83. The number of fused-ring (bicyclic) bond motifs is 1. The molecule has 134 valence electrons. The number of nitrogens with zero attached hydrogens (tertiary/aromatic N) is 1. The highest BCUT2D eigenvalue weighted by molar-refractivity contribution is 14.0. The van der Waals surface area contributed by atoms with Crippen LogP contribution in [0.3, 0.4) is 0 Å². The third kappa shape index (κ3) is 5.43. The van der Waals surface area contributed by atoms with Gasteiger partial charge in [-0.25, -0.2) is 0 Å². The first-order valence-electron chi connectivity index (χ1n) is 8.67. The molecule has 1 fully saturated rings. The van der Waals surface area contributed by atoms with Crippen molar-refractivity contribution in [3.05, 3.63) is 18.2 Å². The van der Waals surface area contributed by atoms with Gasteiger partial charge in [0.05, 0.1) is 13.2 Å². The molecular weight excluding hydrogens is 417 g/mol. The van der Waals surface area contributed by atoms with Crippen molar-refractivity contribution in [3.8, 4) is 11.5 Å². The first kappa shape index (κ1) is 19.1. The zero-order chi connectivity index (χ0) is 16.1.